The summed E-state index contributed by atoms with van der Waals surface area (Å²) in [7, 11) is 0. The summed E-state index contributed by atoms with van der Waals surface area (Å²) in [5, 5.41) is 0. The molecule has 1 aromatic carbocycles. The molecule has 0 N–H and O–H groups in total. The highest BCUT2D eigenvalue weighted by Gasteiger charge is 2.02. The van der Waals surface area contributed by atoms with E-state index in [1.807, 2.05) is 6.21 Å². The van der Waals surface area contributed by atoms with E-state index in [1.165, 1.54) is 16.7 Å². The zero-order chi connectivity index (χ0) is 9.10. The van der Waals surface area contributed by atoms with E-state index in [2.05, 4.69) is 42.3 Å². The topological polar surface area (TPSA) is 12.4 Å². The van der Waals surface area contributed by atoms with Gasteiger partial charge in [0.25, 0.3) is 0 Å². The van der Waals surface area contributed by atoms with Gasteiger partial charge in [-0.3, -0.25) is 4.99 Å². The predicted molar refractivity (Wildman–Crippen MR) is 57.1 cm³/mol. The minimum atomic E-state index is 0.930. The van der Waals surface area contributed by atoms with Crippen molar-refractivity contribution in [3.8, 4) is 0 Å². The van der Waals surface area contributed by atoms with Crippen LogP contribution in [0.4, 0.5) is 0 Å². The Morgan fingerprint density at radius 1 is 1.15 bits per heavy atom. The Bertz CT molecular complexity index is 344. The van der Waals surface area contributed by atoms with Crippen molar-refractivity contribution >= 4 is 11.8 Å². The smallest absolute Gasteiger partial charge is 0.0429 e. The Morgan fingerprint density at radius 3 is 2.54 bits per heavy atom. The van der Waals surface area contributed by atoms with E-state index in [-0.39, 0.29) is 0 Å². The summed E-state index contributed by atoms with van der Waals surface area (Å²) in [6.07, 6.45) is 5.08. The molecular weight excluding hydrogens is 158 g/mol. The Kier molecular flexibility index (Phi) is 2.26. The maximum Gasteiger partial charge on any atom is 0.0429 e. The number of aliphatic imine (C=N–C) groups is 1. The minimum absolute atomic E-state index is 0.930. The second-order valence-electron chi connectivity index (χ2n) is 3.36. The van der Waals surface area contributed by atoms with Gasteiger partial charge in [0.2, 0.25) is 0 Å². The number of dihydropyridines is 1. The summed E-state index contributed by atoms with van der Waals surface area (Å²) in [6, 6.07) is 8.67. The van der Waals surface area contributed by atoms with E-state index in [0.717, 1.165) is 13.0 Å². The van der Waals surface area contributed by atoms with Gasteiger partial charge in [-0.2, -0.15) is 0 Å². The molecule has 0 saturated carbocycles. The lowest BCUT2D eigenvalue weighted by Gasteiger charge is -2.08. The van der Waals surface area contributed by atoms with E-state index < -0.39 is 0 Å². The third-order valence-corrected chi connectivity index (χ3v) is 2.31. The molecule has 1 heterocycles. The normalized spacial score (nSPS) is 15.6. The van der Waals surface area contributed by atoms with Gasteiger partial charge < -0.3 is 0 Å². The van der Waals surface area contributed by atoms with Crippen molar-refractivity contribution < 1.29 is 0 Å². The van der Waals surface area contributed by atoms with Crippen molar-refractivity contribution in [2.75, 3.05) is 6.54 Å². The van der Waals surface area contributed by atoms with E-state index in [1.54, 1.807) is 0 Å². The predicted octanol–water partition coefficient (Wildman–Crippen LogP) is 2.85. The number of benzene rings is 1. The van der Waals surface area contributed by atoms with Crippen LogP contribution in [0.15, 0.2) is 35.3 Å². The van der Waals surface area contributed by atoms with Crippen LogP contribution in [0.25, 0.3) is 5.57 Å². The quantitative estimate of drug-likeness (QED) is 0.616. The third-order valence-electron chi connectivity index (χ3n) is 2.31. The van der Waals surface area contributed by atoms with Crippen molar-refractivity contribution in [1.82, 2.24) is 0 Å². The van der Waals surface area contributed by atoms with Gasteiger partial charge in [0, 0.05) is 12.8 Å². The van der Waals surface area contributed by atoms with Crippen LogP contribution in [0.2, 0.25) is 0 Å². The summed E-state index contributed by atoms with van der Waals surface area (Å²) in [5.74, 6) is 0. The minimum Gasteiger partial charge on any atom is -0.293 e. The lowest BCUT2D eigenvalue weighted by atomic mass is 10.0. The molecule has 0 atom stereocenters. The average Bonchev–Trinajstić information content (AvgIpc) is 2.20. The first-order chi connectivity index (χ1) is 6.36. The van der Waals surface area contributed by atoms with E-state index in [4.69, 9.17) is 0 Å². The highest BCUT2D eigenvalue weighted by Crippen LogP contribution is 2.19. The highest BCUT2D eigenvalue weighted by molar-refractivity contribution is 5.86. The molecule has 1 aliphatic rings. The van der Waals surface area contributed by atoms with Gasteiger partial charge in [0.05, 0.1) is 0 Å². The van der Waals surface area contributed by atoms with Crippen molar-refractivity contribution in [3.63, 3.8) is 0 Å². The second-order valence-corrected chi connectivity index (χ2v) is 3.36. The van der Waals surface area contributed by atoms with Gasteiger partial charge in [0.15, 0.2) is 0 Å². The monoisotopic (exact) mass is 171 g/mol. The fourth-order valence-electron chi connectivity index (χ4n) is 1.49. The first-order valence-corrected chi connectivity index (χ1v) is 4.62. The van der Waals surface area contributed by atoms with Gasteiger partial charge in [-0.1, -0.05) is 29.8 Å². The van der Waals surface area contributed by atoms with E-state index in [9.17, 15) is 0 Å². The fourth-order valence-corrected chi connectivity index (χ4v) is 1.49. The number of aryl methyl sites for hydroxylation is 1. The molecule has 0 fully saturated rings. The van der Waals surface area contributed by atoms with Gasteiger partial charge in [-0.25, -0.2) is 0 Å². The Morgan fingerprint density at radius 2 is 1.92 bits per heavy atom. The molecule has 1 nitrogen and oxygen atoms in total. The summed E-state index contributed by atoms with van der Waals surface area (Å²) in [6.45, 7) is 3.04. The first kappa shape index (κ1) is 8.24. The van der Waals surface area contributed by atoms with Crippen LogP contribution in [0.3, 0.4) is 0 Å². The second kappa shape index (κ2) is 3.56. The Labute approximate surface area is 78.8 Å². The highest BCUT2D eigenvalue weighted by atomic mass is 14.7. The summed E-state index contributed by atoms with van der Waals surface area (Å²) < 4.78 is 0. The number of hydrogen-bond donors (Lipinski definition) is 0. The van der Waals surface area contributed by atoms with Crippen molar-refractivity contribution in [1.29, 1.82) is 0 Å². The molecular formula is C12H13N. The van der Waals surface area contributed by atoms with Crippen LogP contribution in [0.5, 0.6) is 0 Å². The molecule has 0 spiro atoms. The number of rotatable bonds is 1. The molecule has 1 aromatic rings. The maximum atomic E-state index is 4.17. The van der Waals surface area contributed by atoms with Crippen molar-refractivity contribution in [3.05, 3.63) is 41.5 Å². The molecule has 1 aliphatic heterocycles. The van der Waals surface area contributed by atoms with Gasteiger partial charge in [-0.15, -0.1) is 0 Å². The summed E-state index contributed by atoms with van der Waals surface area (Å²) in [4.78, 5) is 4.17. The third kappa shape index (κ3) is 1.86. The van der Waals surface area contributed by atoms with Gasteiger partial charge in [0.1, 0.15) is 0 Å². The molecule has 13 heavy (non-hydrogen) atoms. The molecule has 0 aromatic heterocycles. The van der Waals surface area contributed by atoms with Crippen LogP contribution in [0, 0.1) is 6.92 Å². The van der Waals surface area contributed by atoms with Crippen LogP contribution in [-0.4, -0.2) is 12.8 Å². The summed E-state index contributed by atoms with van der Waals surface area (Å²) >= 11 is 0. The Balaban J connectivity index is 2.30. The molecule has 2 rings (SSSR count). The van der Waals surface area contributed by atoms with Crippen LogP contribution >= 0.6 is 0 Å². The molecule has 0 bridgehead atoms. The SMILES string of the molecule is Cc1ccc(C2=CC=NCC2)cc1. The molecule has 0 unspecified atom stereocenters. The molecule has 1 heteroatoms. The zero-order valence-corrected chi connectivity index (χ0v) is 7.83. The molecule has 0 radical (unpaired) electrons. The standard InChI is InChI=1S/C12H13N/c1-10-2-4-11(5-3-10)12-6-8-13-9-7-12/h2-6,8H,7,9H2,1H3. The molecule has 0 saturated heterocycles. The average molecular weight is 171 g/mol. The fraction of sp³-hybridized carbons (Fsp3) is 0.250. The molecule has 66 valence electrons. The number of nitrogens with zero attached hydrogens (tertiary/aromatic N) is 1. The number of hydrogen-bond acceptors (Lipinski definition) is 1. The van der Waals surface area contributed by atoms with Gasteiger partial charge >= 0.3 is 0 Å². The van der Waals surface area contributed by atoms with Crippen molar-refractivity contribution in [2.45, 2.75) is 13.3 Å². The van der Waals surface area contributed by atoms with Gasteiger partial charge in [-0.05, 0) is 30.6 Å². The molecule has 0 aliphatic carbocycles. The van der Waals surface area contributed by atoms with Crippen LogP contribution in [-0.2, 0) is 0 Å². The first-order valence-electron chi connectivity index (χ1n) is 4.62. The molecule has 0 amide bonds. The zero-order valence-electron chi connectivity index (χ0n) is 7.83. The lowest BCUT2D eigenvalue weighted by molar-refractivity contribution is 1.02. The maximum absolute atomic E-state index is 4.17. The lowest BCUT2D eigenvalue weighted by Crippen LogP contribution is -1.94. The largest absolute Gasteiger partial charge is 0.293 e. The van der Waals surface area contributed by atoms with E-state index in [0.29, 0.717) is 0 Å². The summed E-state index contributed by atoms with van der Waals surface area (Å²) in [5.41, 5.74) is 4.04. The van der Waals surface area contributed by atoms with Crippen molar-refractivity contribution in [2.24, 2.45) is 4.99 Å². The number of allylic oxidation sites excluding steroid dienone is 1. The van der Waals surface area contributed by atoms with Crippen LogP contribution < -0.4 is 0 Å². The Hall–Kier alpha value is -1.37. The van der Waals surface area contributed by atoms with Crippen LogP contribution in [0.1, 0.15) is 17.5 Å². The van der Waals surface area contributed by atoms with E-state index >= 15 is 0 Å².